The van der Waals surface area contributed by atoms with Gasteiger partial charge >= 0.3 is 0 Å². The Labute approximate surface area is 100 Å². The first-order valence-electron chi connectivity index (χ1n) is 5.64. The van der Waals surface area contributed by atoms with Crippen LogP contribution < -0.4 is 5.32 Å². The van der Waals surface area contributed by atoms with Gasteiger partial charge in [0.25, 0.3) is 0 Å². The summed E-state index contributed by atoms with van der Waals surface area (Å²) in [6.45, 7) is 2.19. The molecule has 0 amide bonds. The predicted molar refractivity (Wildman–Crippen MR) is 68.0 cm³/mol. The Kier molecular flexibility index (Phi) is 3.47. The smallest absolute Gasteiger partial charge is 0.0322 e. The van der Waals surface area contributed by atoms with E-state index in [0.717, 1.165) is 5.92 Å². The molecule has 2 heteroatoms. The van der Waals surface area contributed by atoms with Gasteiger partial charge in [-0.2, -0.15) is 0 Å². The third kappa shape index (κ3) is 2.82. The quantitative estimate of drug-likeness (QED) is 0.875. The average molecular weight is 268 g/mol. The van der Waals surface area contributed by atoms with E-state index < -0.39 is 0 Å². The fraction of sp³-hybridized carbons (Fsp3) is 0.538. The molecule has 1 unspecified atom stereocenters. The second kappa shape index (κ2) is 4.67. The zero-order valence-corrected chi connectivity index (χ0v) is 11.0. The highest BCUT2D eigenvalue weighted by atomic mass is 79.9. The Morgan fingerprint density at radius 3 is 2.73 bits per heavy atom. The van der Waals surface area contributed by atoms with Gasteiger partial charge in [-0.15, -0.1) is 0 Å². The van der Waals surface area contributed by atoms with Crippen molar-refractivity contribution in [3.05, 3.63) is 33.8 Å². The number of halogens is 1. The SMILES string of the molecule is CNC(CC1CC1)c1ccc(Br)cc1C. The van der Waals surface area contributed by atoms with E-state index in [4.69, 9.17) is 0 Å². The number of hydrogen-bond donors (Lipinski definition) is 1. The van der Waals surface area contributed by atoms with Crippen molar-refractivity contribution < 1.29 is 0 Å². The van der Waals surface area contributed by atoms with Crippen LogP contribution in [0, 0.1) is 12.8 Å². The average Bonchev–Trinajstić information content (AvgIpc) is 2.99. The lowest BCUT2D eigenvalue weighted by molar-refractivity contribution is 0.512. The number of nitrogens with one attached hydrogen (secondary N) is 1. The first kappa shape index (κ1) is 11.2. The predicted octanol–water partition coefficient (Wildman–Crippen LogP) is 3.82. The van der Waals surface area contributed by atoms with Crippen LogP contribution in [-0.2, 0) is 0 Å². The lowest BCUT2D eigenvalue weighted by Crippen LogP contribution is -2.17. The van der Waals surface area contributed by atoms with Crippen molar-refractivity contribution in [1.82, 2.24) is 5.32 Å². The first-order chi connectivity index (χ1) is 7.20. The van der Waals surface area contributed by atoms with Crippen molar-refractivity contribution in [3.8, 4) is 0 Å². The number of hydrogen-bond acceptors (Lipinski definition) is 1. The molecule has 15 heavy (non-hydrogen) atoms. The highest BCUT2D eigenvalue weighted by Gasteiger charge is 2.26. The van der Waals surface area contributed by atoms with Crippen LogP contribution in [0.4, 0.5) is 0 Å². The van der Waals surface area contributed by atoms with E-state index >= 15 is 0 Å². The Morgan fingerprint density at radius 1 is 1.47 bits per heavy atom. The maximum Gasteiger partial charge on any atom is 0.0322 e. The molecule has 0 radical (unpaired) electrons. The van der Waals surface area contributed by atoms with Crippen LogP contribution >= 0.6 is 15.9 Å². The van der Waals surface area contributed by atoms with Gasteiger partial charge in [-0.05, 0) is 49.6 Å². The molecule has 0 heterocycles. The van der Waals surface area contributed by atoms with Gasteiger partial charge in [-0.3, -0.25) is 0 Å². The molecule has 1 aliphatic rings. The van der Waals surface area contributed by atoms with Crippen molar-refractivity contribution >= 4 is 15.9 Å². The van der Waals surface area contributed by atoms with Crippen molar-refractivity contribution in [3.63, 3.8) is 0 Å². The molecule has 0 saturated heterocycles. The summed E-state index contributed by atoms with van der Waals surface area (Å²) in [5, 5.41) is 3.43. The van der Waals surface area contributed by atoms with Crippen molar-refractivity contribution in [2.75, 3.05) is 7.05 Å². The summed E-state index contributed by atoms with van der Waals surface area (Å²) >= 11 is 3.51. The van der Waals surface area contributed by atoms with Gasteiger partial charge < -0.3 is 5.32 Å². The summed E-state index contributed by atoms with van der Waals surface area (Å²) in [7, 11) is 2.06. The van der Waals surface area contributed by atoms with Crippen LogP contribution in [0.1, 0.15) is 36.4 Å². The highest BCUT2D eigenvalue weighted by Crippen LogP contribution is 2.38. The van der Waals surface area contributed by atoms with Gasteiger partial charge in [0.2, 0.25) is 0 Å². The highest BCUT2D eigenvalue weighted by molar-refractivity contribution is 9.10. The summed E-state index contributed by atoms with van der Waals surface area (Å²) in [6.07, 6.45) is 4.14. The van der Waals surface area contributed by atoms with E-state index in [1.807, 2.05) is 0 Å². The van der Waals surface area contributed by atoms with E-state index in [9.17, 15) is 0 Å². The van der Waals surface area contributed by atoms with Crippen molar-refractivity contribution in [2.45, 2.75) is 32.2 Å². The zero-order valence-electron chi connectivity index (χ0n) is 9.39. The van der Waals surface area contributed by atoms with Crippen LogP contribution in [0.5, 0.6) is 0 Å². The molecule has 0 spiro atoms. The van der Waals surface area contributed by atoms with Gasteiger partial charge in [0.05, 0.1) is 0 Å². The normalized spacial score (nSPS) is 17.8. The fourth-order valence-corrected chi connectivity index (χ4v) is 2.59. The minimum atomic E-state index is 0.533. The van der Waals surface area contributed by atoms with Gasteiger partial charge in [-0.25, -0.2) is 0 Å². The molecule has 0 aliphatic heterocycles. The van der Waals surface area contributed by atoms with Crippen LogP contribution in [0.2, 0.25) is 0 Å². The monoisotopic (exact) mass is 267 g/mol. The Hall–Kier alpha value is -0.340. The third-order valence-electron chi connectivity index (χ3n) is 3.22. The maximum atomic E-state index is 3.51. The van der Waals surface area contributed by atoms with Gasteiger partial charge in [-0.1, -0.05) is 34.8 Å². The lowest BCUT2D eigenvalue weighted by atomic mass is 9.97. The molecule has 1 nitrogen and oxygen atoms in total. The summed E-state index contributed by atoms with van der Waals surface area (Å²) in [6, 6.07) is 7.11. The minimum absolute atomic E-state index is 0.533. The van der Waals surface area contributed by atoms with Crippen LogP contribution in [0.3, 0.4) is 0 Å². The van der Waals surface area contributed by atoms with E-state index in [2.05, 4.69) is 53.4 Å². The summed E-state index contributed by atoms with van der Waals surface area (Å²) in [5.74, 6) is 0.963. The summed E-state index contributed by atoms with van der Waals surface area (Å²) in [5.41, 5.74) is 2.83. The molecule has 82 valence electrons. The molecular formula is C13H18BrN. The molecule has 1 aromatic rings. The molecule has 1 N–H and O–H groups in total. The molecule has 0 aromatic heterocycles. The van der Waals surface area contributed by atoms with E-state index in [1.165, 1.54) is 34.9 Å². The van der Waals surface area contributed by atoms with Crippen LogP contribution in [-0.4, -0.2) is 7.05 Å². The van der Waals surface area contributed by atoms with Gasteiger partial charge in [0.15, 0.2) is 0 Å². The summed E-state index contributed by atoms with van der Waals surface area (Å²) < 4.78 is 1.17. The molecule has 1 aromatic carbocycles. The molecular weight excluding hydrogens is 250 g/mol. The maximum absolute atomic E-state index is 3.51. The number of rotatable bonds is 4. The van der Waals surface area contributed by atoms with Gasteiger partial charge in [0, 0.05) is 10.5 Å². The molecule has 1 aliphatic carbocycles. The topological polar surface area (TPSA) is 12.0 Å². The second-order valence-electron chi connectivity index (χ2n) is 4.52. The fourth-order valence-electron chi connectivity index (χ4n) is 2.12. The minimum Gasteiger partial charge on any atom is -0.313 e. The largest absolute Gasteiger partial charge is 0.313 e. The number of aryl methyl sites for hydroxylation is 1. The molecule has 1 fully saturated rings. The van der Waals surface area contributed by atoms with Crippen molar-refractivity contribution in [2.24, 2.45) is 5.92 Å². The molecule has 0 bridgehead atoms. The Morgan fingerprint density at radius 2 is 2.20 bits per heavy atom. The van der Waals surface area contributed by atoms with E-state index in [1.54, 1.807) is 0 Å². The zero-order chi connectivity index (χ0) is 10.8. The first-order valence-corrected chi connectivity index (χ1v) is 6.43. The van der Waals surface area contributed by atoms with E-state index in [-0.39, 0.29) is 0 Å². The number of benzene rings is 1. The van der Waals surface area contributed by atoms with Gasteiger partial charge in [0.1, 0.15) is 0 Å². The van der Waals surface area contributed by atoms with Crippen LogP contribution in [0.15, 0.2) is 22.7 Å². The second-order valence-corrected chi connectivity index (χ2v) is 5.44. The standard InChI is InChI=1S/C13H18BrN/c1-9-7-11(14)5-6-12(9)13(15-2)8-10-3-4-10/h5-7,10,13,15H,3-4,8H2,1-2H3. The molecule has 1 saturated carbocycles. The Balaban J connectivity index is 2.16. The third-order valence-corrected chi connectivity index (χ3v) is 3.71. The molecule has 1 atom stereocenters. The van der Waals surface area contributed by atoms with Crippen LogP contribution in [0.25, 0.3) is 0 Å². The summed E-state index contributed by atoms with van der Waals surface area (Å²) in [4.78, 5) is 0. The van der Waals surface area contributed by atoms with E-state index in [0.29, 0.717) is 6.04 Å². The Bertz CT molecular complexity index is 344. The lowest BCUT2D eigenvalue weighted by Gasteiger charge is -2.18. The molecule has 2 rings (SSSR count). The van der Waals surface area contributed by atoms with Crippen molar-refractivity contribution in [1.29, 1.82) is 0 Å².